The van der Waals surface area contributed by atoms with E-state index in [1.165, 1.54) is 23.5 Å². The van der Waals surface area contributed by atoms with E-state index in [0.717, 1.165) is 0 Å². The number of fused-ring (bicyclic) bond motifs is 1. The van der Waals surface area contributed by atoms with Gasteiger partial charge in [-0.1, -0.05) is 11.6 Å². The van der Waals surface area contributed by atoms with Crippen LogP contribution >= 0.6 is 11.6 Å². The summed E-state index contributed by atoms with van der Waals surface area (Å²) in [5.74, 6) is 0.122. The van der Waals surface area contributed by atoms with Gasteiger partial charge in [0.05, 0.1) is 5.02 Å². The van der Waals surface area contributed by atoms with Crippen LogP contribution in [0.5, 0.6) is 0 Å². The number of nitrogens with two attached hydrogens (primary N) is 1. The predicted octanol–water partition coefficient (Wildman–Crippen LogP) is 1.14. The maximum Gasteiger partial charge on any atom is 0.281 e. The van der Waals surface area contributed by atoms with Gasteiger partial charge in [0.25, 0.3) is 5.91 Å². The van der Waals surface area contributed by atoms with Crippen molar-refractivity contribution in [3.63, 3.8) is 0 Å². The Morgan fingerprint density at radius 3 is 2.67 bits per heavy atom. The molecule has 0 spiro atoms. The van der Waals surface area contributed by atoms with Crippen LogP contribution in [0.3, 0.4) is 0 Å². The molecule has 1 amide bonds. The molecule has 0 radical (unpaired) electrons. The van der Waals surface area contributed by atoms with Gasteiger partial charge in [-0.25, -0.2) is 9.97 Å². The van der Waals surface area contributed by atoms with Gasteiger partial charge in [0, 0.05) is 18.6 Å². The Balaban J connectivity index is 2.06. The quantitative estimate of drug-likeness (QED) is 0.832. The molecule has 0 saturated heterocycles. The van der Waals surface area contributed by atoms with Gasteiger partial charge in [0.2, 0.25) is 0 Å². The standard InChI is InChI=1S/C11H8ClN5O/c12-6-1-2-7(16-5-6)17-10(13)8-9(11(17)18)15-4-3-14-8/h1-5,10H,13H2/t10-/m0/s1. The molecule has 1 atom stereocenters. The zero-order valence-electron chi connectivity index (χ0n) is 9.12. The van der Waals surface area contributed by atoms with Crippen molar-refractivity contribution in [2.45, 2.75) is 6.17 Å². The lowest BCUT2D eigenvalue weighted by molar-refractivity contribution is 0.0987. The van der Waals surface area contributed by atoms with Crippen LogP contribution in [-0.4, -0.2) is 20.9 Å². The predicted molar refractivity (Wildman–Crippen MR) is 65.0 cm³/mol. The van der Waals surface area contributed by atoms with Crippen molar-refractivity contribution in [1.82, 2.24) is 15.0 Å². The molecule has 0 aromatic carbocycles. The molecule has 6 nitrogen and oxygen atoms in total. The van der Waals surface area contributed by atoms with Crippen LogP contribution in [0.4, 0.5) is 5.82 Å². The Kier molecular flexibility index (Phi) is 2.46. The van der Waals surface area contributed by atoms with Gasteiger partial charge >= 0.3 is 0 Å². The number of pyridine rings is 1. The number of aromatic nitrogens is 3. The van der Waals surface area contributed by atoms with Crippen molar-refractivity contribution in [2.24, 2.45) is 5.73 Å². The van der Waals surface area contributed by atoms with Crippen LogP contribution in [0, 0.1) is 0 Å². The monoisotopic (exact) mass is 261 g/mol. The molecule has 0 fully saturated rings. The van der Waals surface area contributed by atoms with Crippen LogP contribution in [0.2, 0.25) is 5.02 Å². The number of hydrogen-bond acceptors (Lipinski definition) is 5. The van der Waals surface area contributed by atoms with Gasteiger partial charge in [0.15, 0.2) is 5.69 Å². The molecule has 0 saturated carbocycles. The van der Waals surface area contributed by atoms with Gasteiger partial charge in [-0.3, -0.25) is 14.7 Å². The van der Waals surface area contributed by atoms with E-state index in [1.807, 2.05) is 0 Å². The first-order valence-corrected chi connectivity index (χ1v) is 5.58. The molecule has 1 aliphatic rings. The molecular weight excluding hydrogens is 254 g/mol. The number of halogens is 1. The van der Waals surface area contributed by atoms with E-state index in [9.17, 15) is 4.79 Å². The van der Waals surface area contributed by atoms with Crippen molar-refractivity contribution >= 4 is 23.3 Å². The van der Waals surface area contributed by atoms with E-state index in [2.05, 4.69) is 15.0 Å². The third-order valence-corrected chi connectivity index (χ3v) is 2.89. The number of carbonyl (C=O) groups is 1. The highest BCUT2D eigenvalue weighted by Crippen LogP contribution is 2.30. The van der Waals surface area contributed by atoms with Crippen LogP contribution in [-0.2, 0) is 0 Å². The van der Waals surface area contributed by atoms with E-state index < -0.39 is 6.17 Å². The Labute approximate surface area is 107 Å². The van der Waals surface area contributed by atoms with Gasteiger partial charge in [-0.2, -0.15) is 0 Å². The summed E-state index contributed by atoms with van der Waals surface area (Å²) in [5.41, 5.74) is 6.70. The normalized spacial score (nSPS) is 18.0. The molecule has 1 aliphatic heterocycles. The highest BCUT2D eigenvalue weighted by Gasteiger charge is 2.38. The molecule has 0 unspecified atom stereocenters. The lowest BCUT2D eigenvalue weighted by atomic mass is 10.3. The summed E-state index contributed by atoms with van der Waals surface area (Å²) in [6, 6.07) is 3.28. The minimum absolute atomic E-state index is 0.266. The molecule has 90 valence electrons. The van der Waals surface area contributed by atoms with Crippen LogP contribution in [0.25, 0.3) is 0 Å². The number of hydrogen-bond donors (Lipinski definition) is 1. The first-order valence-electron chi connectivity index (χ1n) is 5.20. The molecule has 18 heavy (non-hydrogen) atoms. The van der Waals surface area contributed by atoms with Gasteiger partial charge in [0.1, 0.15) is 17.7 Å². The fourth-order valence-corrected chi connectivity index (χ4v) is 1.96. The molecule has 3 rings (SSSR count). The summed E-state index contributed by atoms with van der Waals surface area (Å²) in [6.45, 7) is 0. The second-order valence-corrected chi connectivity index (χ2v) is 4.18. The largest absolute Gasteiger partial charge is 0.306 e. The number of rotatable bonds is 1. The lowest BCUT2D eigenvalue weighted by Crippen LogP contribution is -2.33. The fraction of sp³-hybridized carbons (Fsp3) is 0.0909. The zero-order valence-corrected chi connectivity index (χ0v) is 9.87. The summed E-state index contributed by atoms with van der Waals surface area (Å²) in [7, 11) is 0. The topological polar surface area (TPSA) is 85.0 Å². The molecule has 0 aliphatic carbocycles. The number of carbonyl (C=O) groups excluding carboxylic acids is 1. The van der Waals surface area contributed by atoms with Crippen molar-refractivity contribution in [3.8, 4) is 0 Å². The number of anilines is 1. The Bertz CT molecular complexity index is 615. The van der Waals surface area contributed by atoms with Gasteiger partial charge in [-0.05, 0) is 12.1 Å². The fourth-order valence-electron chi connectivity index (χ4n) is 1.85. The zero-order chi connectivity index (χ0) is 12.7. The third-order valence-electron chi connectivity index (χ3n) is 2.66. The third kappa shape index (κ3) is 1.54. The molecule has 7 heteroatoms. The van der Waals surface area contributed by atoms with Crippen molar-refractivity contribution in [3.05, 3.63) is 47.1 Å². The second-order valence-electron chi connectivity index (χ2n) is 3.74. The van der Waals surface area contributed by atoms with E-state index in [1.54, 1.807) is 12.1 Å². The molecular formula is C11H8ClN5O. The van der Waals surface area contributed by atoms with Crippen molar-refractivity contribution < 1.29 is 4.79 Å². The number of nitrogens with zero attached hydrogens (tertiary/aromatic N) is 4. The van der Waals surface area contributed by atoms with Crippen LogP contribution in [0.15, 0.2) is 30.7 Å². The first kappa shape index (κ1) is 11.1. The van der Waals surface area contributed by atoms with E-state index >= 15 is 0 Å². The summed E-state index contributed by atoms with van der Waals surface area (Å²) < 4.78 is 0. The van der Waals surface area contributed by atoms with Gasteiger partial charge in [-0.15, -0.1) is 0 Å². The summed E-state index contributed by atoms with van der Waals surface area (Å²) in [4.78, 5) is 25.7. The molecule has 3 heterocycles. The Hall–Kier alpha value is -2.05. The Morgan fingerprint density at radius 2 is 2.00 bits per heavy atom. The first-order chi connectivity index (χ1) is 8.68. The number of amides is 1. The molecule has 2 aromatic heterocycles. The minimum atomic E-state index is -0.671. The summed E-state index contributed by atoms with van der Waals surface area (Å²) in [6.07, 6.45) is 3.75. The van der Waals surface area contributed by atoms with Crippen molar-refractivity contribution in [2.75, 3.05) is 4.90 Å². The van der Waals surface area contributed by atoms with Crippen LogP contribution < -0.4 is 10.6 Å². The van der Waals surface area contributed by atoms with E-state index in [-0.39, 0.29) is 11.6 Å². The van der Waals surface area contributed by atoms with E-state index in [4.69, 9.17) is 17.3 Å². The SMILES string of the molecule is N[C@@H]1c2nccnc2C(=O)N1c1ccc(Cl)cn1. The summed E-state index contributed by atoms with van der Waals surface area (Å²) >= 11 is 5.76. The highest BCUT2D eigenvalue weighted by molar-refractivity contribution is 6.30. The average molecular weight is 262 g/mol. The maximum atomic E-state index is 12.2. The van der Waals surface area contributed by atoms with Gasteiger partial charge < -0.3 is 5.73 Å². The maximum absolute atomic E-state index is 12.2. The highest BCUT2D eigenvalue weighted by atomic mass is 35.5. The second kappa shape index (κ2) is 4.01. The molecule has 2 N–H and O–H groups in total. The lowest BCUT2D eigenvalue weighted by Gasteiger charge is -2.19. The summed E-state index contributed by atoms with van der Waals surface area (Å²) in [5, 5.41) is 0.493. The average Bonchev–Trinajstić information content (AvgIpc) is 2.64. The Morgan fingerprint density at radius 1 is 1.22 bits per heavy atom. The minimum Gasteiger partial charge on any atom is -0.306 e. The van der Waals surface area contributed by atoms with Crippen molar-refractivity contribution in [1.29, 1.82) is 0 Å². The molecule has 2 aromatic rings. The molecule has 0 bridgehead atoms. The van der Waals surface area contributed by atoms with Crippen LogP contribution in [0.1, 0.15) is 22.3 Å². The smallest absolute Gasteiger partial charge is 0.281 e. The van der Waals surface area contributed by atoms with E-state index in [0.29, 0.717) is 16.5 Å².